The Labute approximate surface area is 125 Å². The van der Waals surface area contributed by atoms with Gasteiger partial charge in [0, 0.05) is 17.3 Å². The first kappa shape index (κ1) is 14.2. The number of rotatable bonds is 4. The predicted octanol–water partition coefficient (Wildman–Crippen LogP) is 3.49. The molecule has 0 radical (unpaired) electrons. The normalized spacial score (nSPS) is 9.85. The van der Waals surface area contributed by atoms with Crippen LogP contribution >= 0.6 is 15.9 Å². The Bertz CT molecular complexity index is 665. The van der Waals surface area contributed by atoms with Crippen molar-refractivity contribution in [1.82, 2.24) is 0 Å². The Kier molecular flexibility index (Phi) is 4.49. The van der Waals surface area contributed by atoms with E-state index in [2.05, 4.69) is 22.0 Å². The molecule has 0 bridgehead atoms. The summed E-state index contributed by atoms with van der Waals surface area (Å²) in [6.45, 7) is 0.292. The van der Waals surface area contributed by atoms with Gasteiger partial charge in [0.15, 0.2) is 0 Å². The third kappa shape index (κ3) is 3.22. The zero-order chi connectivity index (χ0) is 14.5. The summed E-state index contributed by atoms with van der Waals surface area (Å²) in [6, 6.07) is 12.7. The number of nitriles is 1. The molecule has 0 saturated carbocycles. The first-order chi connectivity index (χ1) is 9.63. The van der Waals surface area contributed by atoms with Crippen molar-refractivity contribution < 1.29 is 9.47 Å². The molecule has 0 atom stereocenters. The van der Waals surface area contributed by atoms with Crippen LogP contribution in [0, 0.1) is 11.3 Å². The maximum absolute atomic E-state index is 8.94. The molecule has 0 fully saturated rings. The van der Waals surface area contributed by atoms with Gasteiger partial charge in [0.25, 0.3) is 0 Å². The summed E-state index contributed by atoms with van der Waals surface area (Å²) in [7, 11) is 1.58. The fraction of sp³-hybridized carbons (Fsp3) is 0.133. The van der Waals surface area contributed by atoms with Crippen molar-refractivity contribution >= 4 is 21.6 Å². The number of nitrogens with two attached hydrogens (primary N) is 1. The SMILES string of the molecule is COc1ccc(C#N)cc1COc1cc(N)ccc1Br. The summed E-state index contributed by atoms with van der Waals surface area (Å²) in [4.78, 5) is 0. The van der Waals surface area contributed by atoms with E-state index in [0.717, 1.165) is 10.0 Å². The molecule has 0 saturated heterocycles. The Hall–Kier alpha value is -2.19. The fourth-order valence-electron chi connectivity index (χ4n) is 1.75. The maximum Gasteiger partial charge on any atom is 0.136 e. The number of hydrogen-bond acceptors (Lipinski definition) is 4. The second kappa shape index (κ2) is 6.31. The van der Waals surface area contributed by atoms with Crippen molar-refractivity contribution in [2.75, 3.05) is 12.8 Å². The highest BCUT2D eigenvalue weighted by Gasteiger charge is 2.07. The van der Waals surface area contributed by atoms with Gasteiger partial charge < -0.3 is 15.2 Å². The molecular formula is C15H13BrN2O2. The van der Waals surface area contributed by atoms with Crippen molar-refractivity contribution in [1.29, 1.82) is 5.26 Å². The molecule has 102 valence electrons. The molecule has 0 spiro atoms. The molecule has 4 nitrogen and oxygen atoms in total. The Morgan fingerprint density at radius 2 is 2.00 bits per heavy atom. The Morgan fingerprint density at radius 3 is 2.70 bits per heavy atom. The van der Waals surface area contributed by atoms with E-state index in [9.17, 15) is 0 Å². The van der Waals surface area contributed by atoms with Gasteiger partial charge in [-0.3, -0.25) is 0 Å². The number of ether oxygens (including phenoxy) is 2. The quantitative estimate of drug-likeness (QED) is 0.870. The molecule has 0 amide bonds. The van der Waals surface area contributed by atoms with E-state index in [4.69, 9.17) is 20.5 Å². The second-order valence-corrected chi connectivity index (χ2v) is 4.97. The van der Waals surface area contributed by atoms with Crippen LogP contribution < -0.4 is 15.2 Å². The van der Waals surface area contributed by atoms with Crippen LogP contribution in [0.1, 0.15) is 11.1 Å². The molecule has 20 heavy (non-hydrogen) atoms. The summed E-state index contributed by atoms with van der Waals surface area (Å²) in [5.41, 5.74) is 7.73. The van der Waals surface area contributed by atoms with Crippen molar-refractivity contribution in [3.8, 4) is 17.6 Å². The molecule has 0 aliphatic heterocycles. The molecule has 0 aromatic heterocycles. The van der Waals surface area contributed by atoms with Crippen molar-refractivity contribution in [2.45, 2.75) is 6.61 Å². The average molecular weight is 333 g/mol. The Balaban J connectivity index is 2.22. The van der Waals surface area contributed by atoms with Gasteiger partial charge in [-0.25, -0.2) is 0 Å². The lowest BCUT2D eigenvalue weighted by Crippen LogP contribution is -2.00. The van der Waals surface area contributed by atoms with Crippen LogP contribution in [0.5, 0.6) is 11.5 Å². The number of nitrogens with zero attached hydrogens (tertiary/aromatic N) is 1. The number of hydrogen-bond donors (Lipinski definition) is 1. The molecule has 0 aliphatic rings. The van der Waals surface area contributed by atoms with Gasteiger partial charge in [-0.05, 0) is 46.3 Å². The van der Waals surface area contributed by atoms with Crippen molar-refractivity contribution in [3.63, 3.8) is 0 Å². The van der Waals surface area contributed by atoms with Crippen LogP contribution in [-0.4, -0.2) is 7.11 Å². The number of benzene rings is 2. The van der Waals surface area contributed by atoms with E-state index in [1.54, 1.807) is 37.4 Å². The minimum absolute atomic E-state index is 0.292. The highest BCUT2D eigenvalue weighted by molar-refractivity contribution is 9.10. The lowest BCUT2D eigenvalue weighted by molar-refractivity contribution is 0.295. The molecule has 5 heteroatoms. The monoisotopic (exact) mass is 332 g/mol. The van der Waals surface area contributed by atoms with Crippen LogP contribution in [0.15, 0.2) is 40.9 Å². The van der Waals surface area contributed by atoms with E-state index in [-0.39, 0.29) is 0 Å². The van der Waals surface area contributed by atoms with Crippen molar-refractivity contribution in [2.24, 2.45) is 0 Å². The molecule has 2 rings (SSSR count). The largest absolute Gasteiger partial charge is 0.496 e. The summed E-state index contributed by atoms with van der Waals surface area (Å²) in [5, 5.41) is 8.94. The van der Waals surface area contributed by atoms with E-state index in [1.807, 2.05) is 6.07 Å². The topological polar surface area (TPSA) is 68.3 Å². The van der Waals surface area contributed by atoms with Crippen LogP contribution in [0.3, 0.4) is 0 Å². The number of halogens is 1. The van der Waals surface area contributed by atoms with Crippen LogP contribution in [0.2, 0.25) is 0 Å². The van der Waals surface area contributed by atoms with Crippen LogP contribution in [-0.2, 0) is 6.61 Å². The predicted molar refractivity (Wildman–Crippen MR) is 80.6 cm³/mol. The van der Waals surface area contributed by atoms with Gasteiger partial charge in [0.2, 0.25) is 0 Å². The molecule has 2 aromatic carbocycles. The van der Waals surface area contributed by atoms with Gasteiger partial charge in [-0.2, -0.15) is 5.26 Å². The molecule has 0 heterocycles. The summed E-state index contributed by atoms with van der Waals surface area (Å²) < 4.78 is 11.8. The standard InChI is InChI=1S/C15H13BrN2O2/c1-19-14-5-2-10(8-17)6-11(14)9-20-15-7-12(18)3-4-13(15)16/h2-7H,9,18H2,1H3. The van der Waals surface area contributed by atoms with E-state index in [0.29, 0.717) is 29.4 Å². The fourth-order valence-corrected chi connectivity index (χ4v) is 2.11. The van der Waals surface area contributed by atoms with Gasteiger partial charge in [0.1, 0.15) is 18.1 Å². The minimum atomic E-state index is 0.292. The first-order valence-corrected chi connectivity index (χ1v) is 6.68. The van der Waals surface area contributed by atoms with E-state index in [1.165, 1.54) is 0 Å². The number of nitrogen functional groups attached to an aromatic ring is 1. The second-order valence-electron chi connectivity index (χ2n) is 4.12. The average Bonchev–Trinajstić information content (AvgIpc) is 2.47. The first-order valence-electron chi connectivity index (χ1n) is 5.89. The van der Waals surface area contributed by atoms with Crippen LogP contribution in [0.4, 0.5) is 5.69 Å². The van der Waals surface area contributed by atoms with Gasteiger partial charge in [-0.15, -0.1) is 0 Å². The van der Waals surface area contributed by atoms with Gasteiger partial charge in [-0.1, -0.05) is 0 Å². The third-order valence-electron chi connectivity index (χ3n) is 2.75. The van der Waals surface area contributed by atoms with E-state index >= 15 is 0 Å². The zero-order valence-corrected chi connectivity index (χ0v) is 12.5. The lowest BCUT2D eigenvalue weighted by Gasteiger charge is -2.12. The van der Waals surface area contributed by atoms with E-state index < -0.39 is 0 Å². The smallest absolute Gasteiger partial charge is 0.136 e. The molecule has 2 aromatic rings. The molecule has 2 N–H and O–H groups in total. The maximum atomic E-state index is 8.94. The minimum Gasteiger partial charge on any atom is -0.496 e. The summed E-state index contributed by atoms with van der Waals surface area (Å²) >= 11 is 3.40. The number of methoxy groups -OCH3 is 1. The third-order valence-corrected chi connectivity index (χ3v) is 3.40. The molecule has 0 unspecified atom stereocenters. The Morgan fingerprint density at radius 1 is 1.20 bits per heavy atom. The van der Waals surface area contributed by atoms with Crippen LogP contribution in [0.25, 0.3) is 0 Å². The number of anilines is 1. The van der Waals surface area contributed by atoms with Crippen molar-refractivity contribution in [3.05, 3.63) is 52.0 Å². The molecular weight excluding hydrogens is 320 g/mol. The van der Waals surface area contributed by atoms with Gasteiger partial charge >= 0.3 is 0 Å². The van der Waals surface area contributed by atoms with Gasteiger partial charge in [0.05, 0.1) is 23.2 Å². The highest BCUT2D eigenvalue weighted by Crippen LogP contribution is 2.29. The summed E-state index contributed by atoms with van der Waals surface area (Å²) in [6.07, 6.45) is 0. The lowest BCUT2D eigenvalue weighted by atomic mass is 10.1. The highest BCUT2D eigenvalue weighted by atomic mass is 79.9. The zero-order valence-electron chi connectivity index (χ0n) is 10.9. The summed E-state index contributed by atoms with van der Waals surface area (Å²) in [5.74, 6) is 1.33. The molecule has 0 aliphatic carbocycles.